The minimum absolute atomic E-state index is 0.200. The van der Waals surface area contributed by atoms with Crippen LogP contribution in [0.15, 0.2) is 6.07 Å². The standard InChI is InChI=1S/C13H17N5O/c1-7-5-12(16-10(4)15-7)13(19)14-6-11-8(2)17-18-9(11)3/h5H,6H2,1-4H3,(H,14,19)(H,17,18). The van der Waals surface area contributed by atoms with Crippen LogP contribution in [0.1, 0.15) is 39.0 Å². The second-order valence-electron chi connectivity index (χ2n) is 4.54. The van der Waals surface area contributed by atoms with Crippen molar-refractivity contribution in [1.82, 2.24) is 25.5 Å². The Bertz CT molecular complexity index is 578. The third-order valence-electron chi connectivity index (χ3n) is 2.91. The van der Waals surface area contributed by atoms with E-state index >= 15 is 0 Å². The fourth-order valence-corrected chi connectivity index (χ4v) is 1.93. The van der Waals surface area contributed by atoms with Crippen molar-refractivity contribution in [1.29, 1.82) is 0 Å². The van der Waals surface area contributed by atoms with Crippen LogP contribution in [0.3, 0.4) is 0 Å². The maximum atomic E-state index is 12.0. The summed E-state index contributed by atoms with van der Waals surface area (Å²) in [7, 11) is 0. The number of rotatable bonds is 3. The van der Waals surface area contributed by atoms with Crippen LogP contribution in [0.5, 0.6) is 0 Å². The Morgan fingerprint density at radius 1 is 1.26 bits per heavy atom. The van der Waals surface area contributed by atoms with Crippen LogP contribution in [0.4, 0.5) is 0 Å². The number of carbonyl (C=O) groups excluding carboxylic acids is 1. The molecule has 0 unspecified atom stereocenters. The molecule has 0 aromatic carbocycles. The van der Waals surface area contributed by atoms with E-state index in [1.54, 1.807) is 13.0 Å². The Balaban J connectivity index is 2.09. The summed E-state index contributed by atoms with van der Waals surface area (Å²) in [6.07, 6.45) is 0. The molecule has 0 aliphatic rings. The lowest BCUT2D eigenvalue weighted by Gasteiger charge is -2.06. The molecular weight excluding hydrogens is 242 g/mol. The number of aryl methyl sites for hydroxylation is 4. The van der Waals surface area contributed by atoms with Gasteiger partial charge in [0.15, 0.2) is 0 Å². The number of aromatic nitrogens is 4. The molecule has 2 heterocycles. The van der Waals surface area contributed by atoms with E-state index in [9.17, 15) is 4.79 Å². The molecule has 0 radical (unpaired) electrons. The zero-order valence-corrected chi connectivity index (χ0v) is 11.5. The van der Waals surface area contributed by atoms with E-state index in [-0.39, 0.29) is 5.91 Å². The van der Waals surface area contributed by atoms with Crippen LogP contribution in [-0.2, 0) is 6.54 Å². The Labute approximate surface area is 111 Å². The summed E-state index contributed by atoms with van der Waals surface area (Å²) in [5.74, 6) is 0.398. The van der Waals surface area contributed by atoms with E-state index in [0.717, 1.165) is 22.6 Å². The smallest absolute Gasteiger partial charge is 0.270 e. The lowest BCUT2D eigenvalue weighted by molar-refractivity contribution is 0.0945. The van der Waals surface area contributed by atoms with Crippen molar-refractivity contribution in [3.8, 4) is 0 Å². The maximum absolute atomic E-state index is 12.0. The number of aromatic amines is 1. The second-order valence-corrected chi connectivity index (χ2v) is 4.54. The molecule has 1 amide bonds. The topological polar surface area (TPSA) is 83.6 Å². The molecule has 0 bridgehead atoms. The van der Waals surface area contributed by atoms with E-state index in [1.165, 1.54) is 0 Å². The van der Waals surface area contributed by atoms with Crippen molar-refractivity contribution in [3.63, 3.8) is 0 Å². The largest absolute Gasteiger partial charge is 0.346 e. The zero-order valence-electron chi connectivity index (χ0n) is 11.5. The van der Waals surface area contributed by atoms with Gasteiger partial charge in [0.2, 0.25) is 0 Å². The fraction of sp³-hybridized carbons (Fsp3) is 0.385. The van der Waals surface area contributed by atoms with E-state index < -0.39 is 0 Å². The molecule has 0 saturated carbocycles. The van der Waals surface area contributed by atoms with Crippen LogP contribution in [0, 0.1) is 27.7 Å². The van der Waals surface area contributed by atoms with Crippen molar-refractivity contribution in [2.75, 3.05) is 0 Å². The SMILES string of the molecule is Cc1cc(C(=O)NCc2c(C)n[nH]c2C)nc(C)n1. The number of nitrogens with one attached hydrogen (secondary N) is 2. The van der Waals surface area contributed by atoms with Crippen molar-refractivity contribution in [2.24, 2.45) is 0 Å². The summed E-state index contributed by atoms with van der Waals surface area (Å²) >= 11 is 0. The average molecular weight is 259 g/mol. The number of hydrogen-bond donors (Lipinski definition) is 2. The van der Waals surface area contributed by atoms with Gasteiger partial charge in [0, 0.05) is 23.5 Å². The summed E-state index contributed by atoms with van der Waals surface area (Å²) in [5, 5.41) is 9.83. The highest BCUT2D eigenvalue weighted by Crippen LogP contribution is 2.09. The predicted molar refractivity (Wildman–Crippen MR) is 70.7 cm³/mol. The predicted octanol–water partition coefficient (Wildman–Crippen LogP) is 1.36. The van der Waals surface area contributed by atoms with Gasteiger partial charge in [-0.2, -0.15) is 5.10 Å². The first-order valence-corrected chi connectivity index (χ1v) is 6.08. The van der Waals surface area contributed by atoms with Gasteiger partial charge in [0.1, 0.15) is 11.5 Å². The van der Waals surface area contributed by atoms with E-state index in [0.29, 0.717) is 18.1 Å². The molecule has 0 aliphatic carbocycles. The second kappa shape index (κ2) is 5.17. The molecule has 2 aromatic heterocycles. The summed E-state index contributed by atoms with van der Waals surface area (Å²) in [6.45, 7) is 7.89. The number of H-pyrrole nitrogens is 1. The first-order valence-electron chi connectivity index (χ1n) is 6.08. The summed E-state index contributed by atoms with van der Waals surface area (Å²) in [6, 6.07) is 1.68. The molecule has 0 spiro atoms. The Morgan fingerprint density at radius 2 is 2.00 bits per heavy atom. The van der Waals surface area contributed by atoms with Gasteiger partial charge in [0.25, 0.3) is 5.91 Å². The van der Waals surface area contributed by atoms with Gasteiger partial charge in [-0.15, -0.1) is 0 Å². The zero-order chi connectivity index (χ0) is 14.0. The first-order chi connectivity index (χ1) is 8.97. The molecule has 2 N–H and O–H groups in total. The normalized spacial score (nSPS) is 10.5. The molecular formula is C13H17N5O. The molecule has 6 heteroatoms. The monoisotopic (exact) mass is 259 g/mol. The Kier molecular flexibility index (Phi) is 3.59. The average Bonchev–Trinajstić information content (AvgIpc) is 2.65. The van der Waals surface area contributed by atoms with Crippen molar-refractivity contribution in [2.45, 2.75) is 34.2 Å². The summed E-state index contributed by atoms with van der Waals surface area (Å²) in [5.41, 5.74) is 4.05. The molecule has 100 valence electrons. The number of carbonyl (C=O) groups is 1. The van der Waals surface area contributed by atoms with Gasteiger partial charge < -0.3 is 5.32 Å². The highest BCUT2D eigenvalue weighted by molar-refractivity contribution is 5.92. The molecule has 2 rings (SSSR count). The third-order valence-corrected chi connectivity index (χ3v) is 2.91. The highest BCUT2D eigenvalue weighted by atomic mass is 16.1. The molecule has 0 atom stereocenters. The van der Waals surface area contributed by atoms with E-state index in [1.807, 2.05) is 20.8 Å². The fourth-order valence-electron chi connectivity index (χ4n) is 1.93. The van der Waals surface area contributed by atoms with Crippen LogP contribution in [0.25, 0.3) is 0 Å². The minimum Gasteiger partial charge on any atom is -0.346 e. The van der Waals surface area contributed by atoms with Crippen LogP contribution < -0.4 is 5.32 Å². The van der Waals surface area contributed by atoms with Crippen molar-refractivity contribution in [3.05, 3.63) is 40.2 Å². The minimum atomic E-state index is -0.200. The Morgan fingerprint density at radius 3 is 2.58 bits per heavy atom. The first kappa shape index (κ1) is 13.2. The number of hydrogen-bond acceptors (Lipinski definition) is 4. The van der Waals surface area contributed by atoms with Crippen molar-refractivity contribution >= 4 is 5.91 Å². The number of amides is 1. The maximum Gasteiger partial charge on any atom is 0.270 e. The molecule has 19 heavy (non-hydrogen) atoms. The molecule has 0 fully saturated rings. The summed E-state index contributed by atoms with van der Waals surface area (Å²) in [4.78, 5) is 20.3. The van der Waals surface area contributed by atoms with Gasteiger partial charge >= 0.3 is 0 Å². The van der Waals surface area contributed by atoms with Gasteiger partial charge in [-0.1, -0.05) is 0 Å². The molecule has 0 saturated heterocycles. The van der Waals surface area contributed by atoms with Crippen LogP contribution >= 0.6 is 0 Å². The molecule has 2 aromatic rings. The van der Waals surface area contributed by atoms with E-state index in [4.69, 9.17) is 0 Å². The quantitative estimate of drug-likeness (QED) is 0.871. The van der Waals surface area contributed by atoms with Gasteiger partial charge in [-0.05, 0) is 33.8 Å². The lowest BCUT2D eigenvalue weighted by atomic mass is 10.2. The molecule has 0 aliphatic heterocycles. The van der Waals surface area contributed by atoms with E-state index in [2.05, 4.69) is 25.5 Å². The number of nitrogens with zero attached hydrogens (tertiary/aromatic N) is 3. The van der Waals surface area contributed by atoms with Gasteiger partial charge in [0.05, 0.1) is 5.69 Å². The Hall–Kier alpha value is -2.24. The van der Waals surface area contributed by atoms with Crippen LogP contribution in [0.2, 0.25) is 0 Å². The van der Waals surface area contributed by atoms with Crippen LogP contribution in [-0.4, -0.2) is 26.1 Å². The summed E-state index contributed by atoms with van der Waals surface area (Å²) < 4.78 is 0. The van der Waals surface area contributed by atoms with Gasteiger partial charge in [-0.3, -0.25) is 9.89 Å². The third kappa shape index (κ3) is 2.96. The van der Waals surface area contributed by atoms with Crippen molar-refractivity contribution < 1.29 is 4.79 Å². The highest BCUT2D eigenvalue weighted by Gasteiger charge is 2.11. The molecule has 6 nitrogen and oxygen atoms in total. The van der Waals surface area contributed by atoms with Gasteiger partial charge in [-0.25, -0.2) is 9.97 Å². The lowest BCUT2D eigenvalue weighted by Crippen LogP contribution is -2.25.